The molecule has 0 bridgehead atoms. The van der Waals surface area contributed by atoms with Crippen LogP contribution in [0.1, 0.15) is 56.3 Å². The molecule has 0 fully saturated rings. The van der Waals surface area contributed by atoms with Crippen molar-refractivity contribution in [2.45, 2.75) is 51.0 Å². The largest absolute Gasteiger partial charge is 0.377 e. The highest BCUT2D eigenvalue weighted by Crippen LogP contribution is 2.24. The summed E-state index contributed by atoms with van der Waals surface area (Å²) in [5.41, 5.74) is 2.43. The second-order valence-corrected chi connectivity index (χ2v) is 4.72. The standard InChI is InChI=1S/C15H23ClO/c1-3-4-5-6-7-15(17-2)14-10-8-13(12-16)9-11-14/h8-11,15H,3-7,12H2,1-2H3/t15-/m0/s1. The molecule has 0 aliphatic rings. The van der Waals surface area contributed by atoms with Crippen molar-refractivity contribution in [3.05, 3.63) is 35.4 Å². The molecule has 0 spiro atoms. The van der Waals surface area contributed by atoms with Gasteiger partial charge >= 0.3 is 0 Å². The van der Waals surface area contributed by atoms with Crippen LogP contribution >= 0.6 is 11.6 Å². The molecule has 1 nitrogen and oxygen atoms in total. The van der Waals surface area contributed by atoms with Crippen molar-refractivity contribution in [2.24, 2.45) is 0 Å². The third-order valence-electron chi connectivity index (χ3n) is 3.11. The summed E-state index contributed by atoms with van der Waals surface area (Å²) in [7, 11) is 1.79. The van der Waals surface area contributed by atoms with Gasteiger partial charge < -0.3 is 4.74 Å². The number of hydrogen-bond donors (Lipinski definition) is 0. The zero-order valence-electron chi connectivity index (χ0n) is 10.9. The van der Waals surface area contributed by atoms with Gasteiger partial charge in [-0.1, -0.05) is 56.9 Å². The molecule has 17 heavy (non-hydrogen) atoms. The van der Waals surface area contributed by atoms with Crippen molar-refractivity contribution in [3.63, 3.8) is 0 Å². The van der Waals surface area contributed by atoms with Gasteiger partial charge in [-0.2, -0.15) is 0 Å². The highest BCUT2D eigenvalue weighted by atomic mass is 35.5. The Balaban J connectivity index is 2.47. The molecule has 96 valence electrons. The molecule has 0 saturated carbocycles. The maximum absolute atomic E-state index is 5.78. The Bertz CT molecular complexity index is 294. The van der Waals surface area contributed by atoms with Crippen molar-refractivity contribution in [2.75, 3.05) is 7.11 Å². The molecule has 0 aliphatic carbocycles. The van der Waals surface area contributed by atoms with Crippen molar-refractivity contribution in [3.8, 4) is 0 Å². The van der Waals surface area contributed by atoms with E-state index in [4.69, 9.17) is 16.3 Å². The second kappa shape index (κ2) is 8.54. The van der Waals surface area contributed by atoms with Crippen molar-refractivity contribution in [1.29, 1.82) is 0 Å². The number of methoxy groups -OCH3 is 1. The lowest BCUT2D eigenvalue weighted by atomic mass is 10.0. The maximum Gasteiger partial charge on any atom is 0.0821 e. The molecule has 0 N–H and O–H groups in total. The predicted molar refractivity (Wildman–Crippen MR) is 74.5 cm³/mol. The Labute approximate surface area is 110 Å². The Morgan fingerprint density at radius 1 is 1.12 bits per heavy atom. The monoisotopic (exact) mass is 254 g/mol. The topological polar surface area (TPSA) is 9.23 Å². The van der Waals surface area contributed by atoms with Crippen LogP contribution in [0.3, 0.4) is 0 Å². The van der Waals surface area contributed by atoms with Crippen LogP contribution in [-0.2, 0) is 10.6 Å². The molecule has 1 aromatic rings. The molecule has 0 saturated heterocycles. The van der Waals surface area contributed by atoms with Crippen LogP contribution in [0.15, 0.2) is 24.3 Å². The van der Waals surface area contributed by atoms with Gasteiger partial charge in [0.05, 0.1) is 6.10 Å². The molecular formula is C15H23ClO. The number of rotatable bonds is 8. The lowest BCUT2D eigenvalue weighted by Crippen LogP contribution is -2.01. The smallest absolute Gasteiger partial charge is 0.0821 e. The summed E-state index contributed by atoms with van der Waals surface area (Å²) in [6, 6.07) is 8.43. The minimum absolute atomic E-state index is 0.233. The summed E-state index contributed by atoms with van der Waals surface area (Å²) in [5.74, 6) is 0.578. The number of unbranched alkanes of at least 4 members (excludes halogenated alkanes) is 3. The first-order chi connectivity index (χ1) is 8.31. The van der Waals surface area contributed by atoms with Crippen molar-refractivity contribution < 1.29 is 4.74 Å². The highest BCUT2D eigenvalue weighted by Gasteiger charge is 2.09. The summed E-state index contributed by atoms with van der Waals surface area (Å²) < 4.78 is 5.56. The third-order valence-corrected chi connectivity index (χ3v) is 3.42. The zero-order valence-corrected chi connectivity index (χ0v) is 11.7. The third kappa shape index (κ3) is 5.10. The van der Waals surface area contributed by atoms with Gasteiger partial charge in [-0.05, 0) is 17.5 Å². The summed E-state index contributed by atoms with van der Waals surface area (Å²) in [5, 5.41) is 0. The minimum atomic E-state index is 0.233. The molecule has 0 aliphatic heterocycles. The molecule has 0 amide bonds. The molecule has 2 heteroatoms. The van der Waals surface area contributed by atoms with Crippen molar-refractivity contribution >= 4 is 11.6 Å². The average Bonchev–Trinajstić information content (AvgIpc) is 2.39. The average molecular weight is 255 g/mol. The molecule has 0 heterocycles. The van der Waals surface area contributed by atoms with E-state index in [0.717, 1.165) is 12.0 Å². The van der Waals surface area contributed by atoms with Crippen LogP contribution in [0.5, 0.6) is 0 Å². The number of halogens is 1. The van der Waals surface area contributed by atoms with E-state index in [0.29, 0.717) is 5.88 Å². The van der Waals surface area contributed by atoms with Crippen LogP contribution in [-0.4, -0.2) is 7.11 Å². The normalized spacial score (nSPS) is 12.6. The maximum atomic E-state index is 5.78. The van der Waals surface area contributed by atoms with Crippen LogP contribution in [0.25, 0.3) is 0 Å². The fourth-order valence-electron chi connectivity index (χ4n) is 2.00. The molecular weight excluding hydrogens is 232 g/mol. The van der Waals surface area contributed by atoms with Gasteiger partial charge in [-0.15, -0.1) is 11.6 Å². The van der Waals surface area contributed by atoms with Gasteiger partial charge in [0.1, 0.15) is 0 Å². The highest BCUT2D eigenvalue weighted by molar-refractivity contribution is 6.17. The van der Waals surface area contributed by atoms with Gasteiger partial charge in [0.15, 0.2) is 0 Å². The molecule has 0 radical (unpaired) electrons. The predicted octanol–water partition coefficient (Wildman–Crippen LogP) is 5.08. The zero-order chi connectivity index (χ0) is 12.5. The van der Waals surface area contributed by atoms with E-state index in [1.165, 1.54) is 31.2 Å². The Morgan fingerprint density at radius 2 is 1.82 bits per heavy atom. The van der Waals surface area contributed by atoms with Gasteiger partial charge in [-0.25, -0.2) is 0 Å². The molecule has 0 aromatic heterocycles. The molecule has 1 aromatic carbocycles. The first-order valence-corrected chi connectivity index (χ1v) is 7.02. The van der Waals surface area contributed by atoms with E-state index >= 15 is 0 Å². The SMILES string of the molecule is CCCCCC[C@H](OC)c1ccc(CCl)cc1. The second-order valence-electron chi connectivity index (χ2n) is 4.45. The summed E-state index contributed by atoms with van der Waals surface area (Å²) >= 11 is 5.78. The van der Waals surface area contributed by atoms with E-state index in [-0.39, 0.29) is 6.10 Å². The molecule has 0 unspecified atom stereocenters. The van der Waals surface area contributed by atoms with E-state index in [2.05, 4.69) is 31.2 Å². The lowest BCUT2D eigenvalue weighted by Gasteiger charge is -2.16. The van der Waals surface area contributed by atoms with Gasteiger partial charge in [-0.3, -0.25) is 0 Å². The van der Waals surface area contributed by atoms with Crippen LogP contribution in [0.4, 0.5) is 0 Å². The Morgan fingerprint density at radius 3 is 2.35 bits per heavy atom. The fourth-order valence-corrected chi connectivity index (χ4v) is 2.18. The van der Waals surface area contributed by atoms with Gasteiger partial charge in [0.25, 0.3) is 0 Å². The number of ether oxygens (including phenoxy) is 1. The van der Waals surface area contributed by atoms with Crippen LogP contribution in [0.2, 0.25) is 0 Å². The fraction of sp³-hybridized carbons (Fsp3) is 0.600. The Kier molecular flexibility index (Phi) is 7.30. The van der Waals surface area contributed by atoms with E-state index < -0.39 is 0 Å². The quantitative estimate of drug-likeness (QED) is 0.464. The number of benzene rings is 1. The summed E-state index contributed by atoms with van der Waals surface area (Å²) in [4.78, 5) is 0. The lowest BCUT2D eigenvalue weighted by molar-refractivity contribution is 0.0931. The first kappa shape index (κ1) is 14.5. The van der Waals surface area contributed by atoms with Gasteiger partial charge in [0.2, 0.25) is 0 Å². The van der Waals surface area contributed by atoms with Crippen molar-refractivity contribution in [1.82, 2.24) is 0 Å². The van der Waals surface area contributed by atoms with E-state index in [1.807, 2.05) is 0 Å². The van der Waals surface area contributed by atoms with E-state index in [9.17, 15) is 0 Å². The first-order valence-electron chi connectivity index (χ1n) is 6.49. The summed E-state index contributed by atoms with van der Waals surface area (Å²) in [6.45, 7) is 2.23. The Hall–Kier alpha value is -0.530. The molecule has 1 rings (SSSR count). The van der Waals surface area contributed by atoms with Crippen LogP contribution < -0.4 is 0 Å². The van der Waals surface area contributed by atoms with Gasteiger partial charge in [0, 0.05) is 13.0 Å². The van der Waals surface area contributed by atoms with E-state index in [1.54, 1.807) is 7.11 Å². The molecule has 1 atom stereocenters. The summed E-state index contributed by atoms with van der Waals surface area (Å²) in [6.07, 6.45) is 6.48. The number of hydrogen-bond acceptors (Lipinski definition) is 1. The van der Waals surface area contributed by atoms with Crippen LogP contribution in [0, 0.1) is 0 Å². The number of alkyl halides is 1. The minimum Gasteiger partial charge on any atom is -0.377 e.